The molecule has 0 radical (unpaired) electrons. The molecule has 0 aliphatic carbocycles. The van der Waals surface area contributed by atoms with Crippen LogP contribution in [0.3, 0.4) is 0 Å². The van der Waals surface area contributed by atoms with Gasteiger partial charge in [0, 0.05) is 25.6 Å². The highest BCUT2D eigenvalue weighted by molar-refractivity contribution is 5.89. The maximum atomic E-state index is 12.3. The lowest BCUT2D eigenvalue weighted by Gasteiger charge is -2.25. The molecule has 0 spiro atoms. The number of halogens is 3. The zero-order chi connectivity index (χ0) is 14.8. The fraction of sp³-hybridized carbons (Fsp3) is 0.833. The molecule has 5 nitrogen and oxygen atoms in total. The first-order chi connectivity index (χ1) is 9.35. The third-order valence-electron chi connectivity index (χ3n) is 3.60. The molecule has 2 N–H and O–H groups in total. The molecule has 114 valence electrons. The Labute approximate surface area is 114 Å². The topological polar surface area (TPSA) is 61.4 Å². The fourth-order valence-corrected chi connectivity index (χ4v) is 2.61. The SMILES string of the molecule is O=C(NC1CCCNC1)C1CC(=O)N(CC(F)(F)F)C1. The second kappa shape index (κ2) is 5.99. The molecule has 2 rings (SSSR count). The van der Waals surface area contributed by atoms with Crippen LogP contribution in [0.1, 0.15) is 19.3 Å². The lowest BCUT2D eigenvalue weighted by molar-refractivity contribution is -0.157. The average molecular weight is 293 g/mol. The van der Waals surface area contributed by atoms with Crippen molar-refractivity contribution >= 4 is 11.8 Å². The van der Waals surface area contributed by atoms with Gasteiger partial charge in [0.25, 0.3) is 0 Å². The van der Waals surface area contributed by atoms with Gasteiger partial charge >= 0.3 is 6.18 Å². The number of likely N-dealkylation sites (tertiary alicyclic amines) is 1. The minimum Gasteiger partial charge on any atom is -0.352 e. The van der Waals surface area contributed by atoms with Gasteiger partial charge in [-0.25, -0.2) is 0 Å². The highest BCUT2D eigenvalue weighted by atomic mass is 19.4. The Kier molecular flexibility index (Phi) is 4.52. The fourth-order valence-electron chi connectivity index (χ4n) is 2.61. The molecular formula is C12H18F3N3O2. The zero-order valence-electron chi connectivity index (χ0n) is 11.0. The van der Waals surface area contributed by atoms with Crippen LogP contribution in [0.15, 0.2) is 0 Å². The maximum Gasteiger partial charge on any atom is 0.406 e. The summed E-state index contributed by atoms with van der Waals surface area (Å²) in [7, 11) is 0. The predicted molar refractivity (Wildman–Crippen MR) is 64.8 cm³/mol. The second-order valence-electron chi connectivity index (χ2n) is 5.34. The summed E-state index contributed by atoms with van der Waals surface area (Å²) in [6.07, 6.45) is -2.75. The molecule has 2 saturated heterocycles. The number of hydrogen-bond acceptors (Lipinski definition) is 3. The van der Waals surface area contributed by atoms with Crippen LogP contribution >= 0.6 is 0 Å². The quantitative estimate of drug-likeness (QED) is 0.785. The molecule has 2 aliphatic heterocycles. The Hall–Kier alpha value is -1.31. The Balaban J connectivity index is 1.84. The summed E-state index contributed by atoms with van der Waals surface area (Å²) in [5, 5.41) is 5.94. The largest absolute Gasteiger partial charge is 0.406 e. The molecule has 0 aromatic heterocycles. The van der Waals surface area contributed by atoms with E-state index < -0.39 is 24.5 Å². The van der Waals surface area contributed by atoms with E-state index >= 15 is 0 Å². The summed E-state index contributed by atoms with van der Waals surface area (Å²) < 4.78 is 36.8. The number of nitrogens with zero attached hydrogens (tertiary/aromatic N) is 1. The molecule has 2 aliphatic rings. The molecule has 20 heavy (non-hydrogen) atoms. The molecule has 0 bridgehead atoms. The third-order valence-corrected chi connectivity index (χ3v) is 3.60. The third kappa shape index (κ3) is 4.09. The summed E-state index contributed by atoms with van der Waals surface area (Å²) in [6, 6.07) is 0.00279. The Morgan fingerprint density at radius 3 is 2.80 bits per heavy atom. The van der Waals surface area contributed by atoms with Crippen LogP contribution in [-0.4, -0.2) is 55.1 Å². The normalized spacial score (nSPS) is 27.8. The molecule has 0 saturated carbocycles. The van der Waals surface area contributed by atoms with Crippen molar-refractivity contribution in [3.63, 3.8) is 0 Å². The summed E-state index contributed by atoms with van der Waals surface area (Å²) in [4.78, 5) is 24.2. The van der Waals surface area contributed by atoms with Crippen molar-refractivity contribution in [2.24, 2.45) is 5.92 Å². The van der Waals surface area contributed by atoms with E-state index in [0.717, 1.165) is 19.4 Å². The zero-order valence-corrected chi connectivity index (χ0v) is 11.0. The van der Waals surface area contributed by atoms with E-state index in [2.05, 4.69) is 10.6 Å². The summed E-state index contributed by atoms with van der Waals surface area (Å²) in [6.45, 7) is 0.150. The van der Waals surface area contributed by atoms with Crippen LogP contribution in [0.5, 0.6) is 0 Å². The first-order valence-electron chi connectivity index (χ1n) is 6.71. The van der Waals surface area contributed by atoms with E-state index in [-0.39, 0.29) is 24.9 Å². The first kappa shape index (κ1) is 15.1. The van der Waals surface area contributed by atoms with Gasteiger partial charge in [-0.1, -0.05) is 0 Å². The van der Waals surface area contributed by atoms with E-state index in [1.807, 2.05) is 0 Å². The molecule has 0 aromatic carbocycles. The Morgan fingerprint density at radius 2 is 2.20 bits per heavy atom. The molecule has 2 amide bonds. The lowest BCUT2D eigenvalue weighted by Crippen LogP contribution is -2.47. The van der Waals surface area contributed by atoms with Crippen molar-refractivity contribution in [2.75, 3.05) is 26.2 Å². The number of carbonyl (C=O) groups is 2. The number of piperidine rings is 1. The number of nitrogens with one attached hydrogen (secondary N) is 2. The minimum atomic E-state index is -4.42. The van der Waals surface area contributed by atoms with E-state index in [1.165, 1.54) is 0 Å². The Bertz CT molecular complexity index is 381. The van der Waals surface area contributed by atoms with E-state index in [4.69, 9.17) is 0 Å². The monoisotopic (exact) mass is 293 g/mol. The predicted octanol–water partition coefficient (Wildman–Crippen LogP) is 0.265. The number of amides is 2. The van der Waals surface area contributed by atoms with Gasteiger partial charge in [0.05, 0.1) is 5.92 Å². The van der Waals surface area contributed by atoms with Gasteiger partial charge in [-0.3, -0.25) is 9.59 Å². The first-order valence-corrected chi connectivity index (χ1v) is 6.71. The van der Waals surface area contributed by atoms with Crippen molar-refractivity contribution in [1.82, 2.24) is 15.5 Å². The van der Waals surface area contributed by atoms with Crippen LogP contribution in [0.25, 0.3) is 0 Å². The van der Waals surface area contributed by atoms with Gasteiger partial charge in [0.2, 0.25) is 11.8 Å². The molecule has 2 heterocycles. The number of hydrogen-bond donors (Lipinski definition) is 2. The van der Waals surface area contributed by atoms with Crippen molar-refractivity contribution in [3.8, 4) is 0 Å². The molecule has 2 unspecified atom stereocenters. The van der Waals surface area contributed by atoms with Crippen molar-refractivity contribution in [2.45, 2.75) is 31.5 Å². The van der Waals surface area contributed by atoms with Crippen LogP contribution < -0.4 is 10.6 Å². The lowest BCUT2D eigenvalue weighted by atomic mass is 10.0. The van der Waals surface area contributed by atoms with Crippen molar-refractivity contribution in [3.05, 3.63) is 0 Å². The van der Waals surface area contributed by atoms with Crippen molar-refractivity contribution < 1.29 is 22.8 Å². The van der Waals surface area contributed by atoms with Gasteiger partial charge < -0.3 is 15.5 Å². The molecule has 8 heteroatoms. The summed E-state index contributed by atoms with van der Waals surface area (Å²) in [5.74, 6) is -1.60. The summed E-state index contributed by atoms with van der Waals surface area (Å²) >= 11 is 0. The summed E-state index contributed by atoms with van der Waals surface area (Å²) in [5.41, 5.74) is 0. The molecule has 0 aromatic rings. The van der Waals surface area contributed by atoms with E-state index in [9.17, 15) is 22.8 Å². The highest BCUT2D eigenvalue weighted by Gasteiger charge is 2.40. The van der Waals surface area contributed by atoms with Crippen LogP contribution in [0.4, 0.5) is 13.2 Å². The van der Waals surface area contributed by atoms with Gasteiger partial charge in [0.15, 0.2) is 0 Å². The van der Waals surface area contributed by atoms with Gasteiger partial charge in [0.1, 0.15) is 6.54 Å². The maximum absolute atomic E-state index is 12.3. The van der Waals surface area contributed by atoms with Crippen molar-refractivity contribution in [1.29, 1.82) is 0 Å². The van der Waals surface area contributed by atoms with Gasteiger partial charge in [-0.2, -0.15) is 13.2 Å². The number of alkyl halides is 3. The minimum absolute atomic E-state index is 0.00279. The van der Waals surface area contributed by atoms with E-state index in [0.29, 0.717) is 11.4 Å². The average Bonchev–Trinajstić information content (AvgIpc) is 2.70. The molecule has 2 atom stereocenters. The Morgan fingerprint density at radius 1 is 1.45 bits per heavy atom. The second-order valence-corrected chi connectivity index (χ2v) is 5.34. The van der Waals surface area contributed by atoms with Gasteiger partial charge in [-0.05, 0) is 19.4 Å². The van der Waals surface area contributed by atoms with Crippen LogP contribution in [0.2, 0.25) is 0 Å². The molecule has 2 fully saturated rings. The van der Waals surface area contributed by atoms with E-state index in [1.54, 1.807) is 0 Å². The van der Waals surface area contributed by atoms with Crippen LogP contribution in [-0.2, 0) is 9.59 Å². The molecular weight excluding hydrogens is 275 g/mol. The highest BCUT2D eigenvalue weighted by Crippen LogP contribution is 2.24. The number of carbonyl (C=O) groups excluding carboxylic acids is 2. The van der Waals surface area contributed by atoms with Gasteiger partial charge in [-0.15, -0.1) is 0 Å². The van der Waals surface area contributed by atoms with Crippen LogP contribution in [0, 0.1) is 5.92 Å². The number of rotatable bonds is 3. The standard InChI is InChI=1S/C12H18F3N3O2/c13-12(14,15)7-18-6-8(4-10(18)19)11(20)17-9-2-1-3-16-5-9/h8-9,16H,1-7H2,(H,17,20). The smallest absolute Gasteiger partial charge is 0.352 e.